The van der Waals surface area contributed by atoms with Crippen LogP contribution in [0.5, 0.6) is 0 Å². The average molecular weight is 277 g/mol. The zero-order valence-electron chi connectivity index (χ0n) is 12.2. The summed E-state index contributed by atoms with van der Waals surface area (Å²) < 4.78 is 0. The van der Waals surface area contributed by atoms with Crippen molar-refractivity contribution in [1.82, 2.24) is 10.2 Å². The quantitative estimate of drug-likeness (QED) is 0.679. The van der Waals surface area contributed by atoms with Crippen molar-refractivity contribution in [2.75, 3.05) is 27.2 Å². The van der Waals surface area contributed by atoms with Crippen LogP contribution in [0, 0.1) is 16.0 Å². The van der Waals surface area contributed by atoms with E-state index in [9.17, 15) is 10.1 Å². The fraction of sp³-hybridized carbons (Fsp3) is 0.600. The highest BCUT2D eigenvalue weighted by molar-refractivity contribution is 5.34. The van der Waals surface area contributed by atoms with Gasteiger partial charge in [0.1, 0.15) is 0 Å². The van der Waals surface area contributed by atoms with Gasteiger partial charge in [-0.1, -0.05) is 18.6 Å². The van der Waals surface area contributed by atoms with Crippen molar-refractivity contribution in [2.45, 2.75) is 25.3 Å². The fourth-order valence-electron chi connectivity index (χ4n) is 3.22. The molecular formula is C15H23N3O2. The van der Waals surface area contributed by atoms with Crippen molar-refractivity contribution in [3.05, 3.63) is 39.9 Å². The number of nitro benzene ring substituents is 1. The van der Waals surface area contributed by atoms with Crippen LogP contribution in [0.2, 0.25) is 0 Å². The van der Waals surface area contributed by atoms with E-state index in [1.165, 1.54) is 24.8 Å². The van der Waals surface area contributed by atoms with E-state index in [4.69, 9.17) is 0 Å². The largest absolute Gasteiger partial charge is 0.319 e. The number of hydrogen-bond donors (Lipinski definition) is 1. The molecule has 1 N–H and O–H groups in total. The summed E-state index contributed by atoms with van der Waals surface area (Å²) in [7, 11) is 4.14. The monoisotopic (exact) mass is 277 g/mol. The predicted molar refractivity (Wildman–Crippen MR) is 79.7 cm³/mol. The van der Waals surface area contributed by atoms with Crippen molar-refractivity contribution in [1.29, 1.82) is 0 Å². The molecule has 5 heteroatoms. The Balaban J connectivity index is 2.26. The van der Waals surface area contributed by atoms with Crippen LogP contribution in [0.3, 0.4) is 0 Å². The predicted octanol–water partition coefficient (Wildman–Crippen LogP) is 2.59. The number of hydrogen-bond acceptors (Lipinski definition) is 4. The number of nitrogens with one attached hydrogen (secondary N) is 1. The molecule has 2 atom stereocenters. The first kappa shape index (κ1) is 14.9. The maximum Gasteiger partial charge on any atom is 0.269 e. The second-order valence-corrected chi connectivity index (χ2v) is 5.59. The van der Waals surface area contributed by atoms with E-state index in [1.807, 2.05) is 19.2 Å². The number of likely N-dealkylation sites (tertiary alicyclic amines) is 1. The van der Waals surface area contributed by atoms with Crippen molar-refractivity contribution >= 4 is 5.69 Å². The van der Waals surface area contributed by atoms with Gasteiger partial charge >= 0.3 is 0 Å². The lowest BCUT2D eigenvalue weighted by Crippen LogP contribution is -2.33. The molecule has 1 aliphatic heterocycles. The molecule has 0 aromatic heterocycles. The van der Waals surface area contributed by atoms with Crippen molar-refractivity contribution < 1.29 is 4.92 Å². The van der Waals surface area contributed by atoms with Gasteiger partial charge in [-0.25, -0.2) is 0 Å². The lowest BCUT2D eigenvalue weighted by atomic mass is 9.89. The van der Waals surface area contributed by atoms with Crippen LogP contribution >= 0.6 is 0 Å². The summed E-state index contributed by atoms with van der Waals surface area (Å²) in [6.45, 7) is 2.06. The van der Waals surface area contributed by atoms with Crippen LogP contribution in [0.15, 0.2) is 24.3 Å². The van der Waals surface area contributed by atoms with Crippen LogP contribution in [-0.2, 0) is 0 Å². The first-order valence-corrected chi connectivity index (χ1v) is 7.22. The van der Waals surface area contributed by atoms with Crippen molar-refractivity contribution in [2.24, 2.45) is 5.92 Å². The van der Waals surface area contributed by atoms with E-state index in [1.54, 1.807) is 12.1 Å². The Bertz CT molecular complexity index is 447. The third kappa shape index (κ3) is 3.35. The Morgan fingerprint density at radius 3 is 2.65 bits per heavy atom. The Labute approximate surface area is 120 Å². The summed E-state index contributed by atoms with van der Waals surface area (Å²) in [5.41, 5.74) is 1.34. The van der Waals surface area contributed by atoms with Gasteiger partial charge < -0.3 is 5.32 Å². The van der Waals surface area contributed by atoms with E-state index < -0.39 is 0 Å². The number of rotatable bonds is 4. The number of nitrogens with zero attached hydrogens (tertiary/aromatic N) is 2. The molecule has 1 heterocycles. The minimum absolute atomic E-state index is 0.162. The lowest BCUT2D eigenvalue weighted by Gasteiger charge is -2.32. The Morgan fingerprint density at radius 1 is 1.35 bits per heavy atom. The molecule has 0 amide bonds. The molecular weight excluding hydrogens is 254 g/mol. The Hall–Kier alpha value is -1.46. The molecule has 1 aromatic rings. The van der Waals surface area contributed by atoms with Gasteiger partial charge in [-0.05, 0) is 51.5 Å². The van der Waals surface area contributed by atoms with Gasteiger partial charge in [0.2, 0.25) is 0 Å². The normalized spacial score (nSPS) is 24.3. The summed E-state index contributed by atoms with van der Waals surface area (Å²) >= 11 is 0. The average Bonchev–Trinajstić information content (AvgIpc) is 2.61. The zero-order chi connectivity index (χ0) is 14.5. The molecule has 5 nitrogen and oxygen atoms in total. The van der Waals surface area contributed by atoms with Crippen LogP contribution in [0.25, 0.3) is 0 Å². The van der Waals surface area contributed by atoms with E-state index >= 15 is 0 Å². The van der Waals surface area contributed by atoms with Gasteiger partial charge in [0.25, 0.3) is 5.69 Å². The summed E-state index contributed by atoms with van der Waals surface area (Å²) in [5, 5.41) is 14.0. The van der Waals surface area contributed by atoms with Gasteiger partial charge in [-0.15, -0.1) is 0 Å². The molecule has 0 saturated carbocycles. The Morgan fingerprint density at radius 2 is 2.05 bits per heavy atom. The third-order valence-corrected chi connectivity index (χ3v) is 4.17. The molecule has 2 rings (SSSR count). The summed E-state index contributed by atoms with van der Waals surface area (Å²) in [5.74, 6) is 0.550. The molecule has 0 radical (unpaired) electrons. The first-order chi connectivity index (χ1) is 9.63. The highest BCUT2D eigenvalue weighted by atomic mass is 16.6. The molecule has 20 heavy (non-hydrogen) atoms. The van der Waals surface area contributed by atoms with Gasteiger partial charge in [0, 0.05) is 18.2 Å². The summed E-state index contributed by atoms with van der Waals surface area (Å²) in [6.07, 6.45) is 3.67. The maximum atomic E-state index is 10.8. The minimum atomic E-state index is -0.342. The van der Waals surface area contributed by atoms with Gasteiger partial charge in [-0.2, -0.15) is 0 Å². The third-order valence-electron chi connectivity index (χ3n) is 4.17. The van der Waals surface area contributed by atoms with Crippen LogP contribution in [-0.4, -0.2) is 37.0 Å². The number of nitro groups is 1. The molecule has 0 spiro atoms. The summed E-state index contributed by atoms with van der Waals surface area (Å²) in [6, 6.07) is 7.39. The minimum Gasteiger partial charge on any atom is -0.319 e. The second-order valence-electron chi connectivity index (χ2n) is 5.59. The smallest absolute Gasteiger partial charge is 0.269 e. The van der Waals surface area contributed by atoms with Crippen molar-refractivity contribution in [3.8, 4) is 0 Å². The molecule has 0 bridgehead atoms. The Kier molecular flexibility index (Phi) is 5.09. The summed E-state index contributed by atoms with van der Waals surface area (Å²) in [4.78, 5) is 12.8. The zero-order valence-corrected chi connectivity index (χ0v) is 12.2. The molecule has 110 valence electrons. The highest BCUT2D eigenvalue weighted by Gasteiger charge is 2.28. The fourth-order valence-corrected chi connectivity index (χ4v) is 3.22. The van der Waals surface area contributed by atoms with E-state index in [-0.39, 0.29) is 10.6 Å². The second kappa shape index (κ2) is 6.81. The first-order valence-electron chi connectivity index (χ1n) is 7.22. The molecule has 0 aliphatic carbocycles. The van der Waals surface area contributed by atoms with Gasteiger partial charge in [-0.3, -0.25) is 15.0 Å². The molecule has 1 fully saturated rings. The topological polar surface area (TPSA) is 58.4 Å². The van der Waals surface area contributed by atoms with Gasteiger partial charge in [0.05, 0.1) is 4.92 Å². The van der Waals surface area contributed by atoms with Gasteiger partial charge in [0.15, 0.2) is 0 Å². The highest BCUT2D eigenvalue weighted by Crippen LogP contribution is 2.34. The molecule has 1 saturated heterocycles. The van der Waals surface area contributed by atoms with Crippen molar-refractivity contribution in [3.63, 3.8) is 0 Å². The maximum absolute atomic E-state index is 10.8. The van der Waals surface area contributed by atoms with E-state index in [0.717, 1.165) is 13.1 Å². The standard InChI is InChI=1S/C15H23N3O2/c1-16-11-13-5-3-4-10-17(2)15(13)12-6-8-14(9-7-12)18(19)20/h6-9,13,15-16H,3-5,10-11H2,1-2H3. The number of benzene rings is 1. The SMILES string of the molecule is CNCC1CCCCN(C)C1c1ccc([N+](=O)[O-])cc1. The molecule has 1 aromatic carbocycles. The number of non-ortho nitro benzene ring substituents is 1. The van der Waals surface area contributed by atoms with Crippen LogP contribution in [0.4, 0.5) is 5.69 Å². The molecule has 2 unspecified atom stereocenters. The molecule has 1 aliphatic rings. The lowest BCUT2D eigenvalue weighted by molar-refractivity contribution is -0.384. The van der Waals surface area contributed by atoms with Crippen LogP contribution in [0.1, 0.15) is 30.9 Å². The van der Waals surface area contributed by atoms with E-state index in [2.05, 4.69) is 17.3 Å². The van der Waals surface area contributed by atoms with Crippen LogP contribution < -0.4 is 5.32 Å². The van der Waals surface area contributed by atoms with E-state index in [0.29, 0.717) is 12.0 Å².